The lowest BCUT2D eigenvalue weighted by Crippen LogP contribution is -2.33. The topological polar surface area (TPSA) is 59.1 Å². The Morgan fingerprint density at radius 1 is 0.818 bits per heavy atom. The molecule has 1 aliphatic rings. The Hall–Kier alpha value is -4.06. The number of rotatable bonds is 7. The molecule has 168 valence electrons. The van der Waals surface area contributed by atoms with Crippen LogP contribution >= 0.6 is 0 Å². The number of ether oxygens (including phenoxy) is 2. The summed E-state index contributed by atoms with van der Waals surface area (Å²) in [6, 6.07) is 22.6. The highest BCUT2D eigenvalue weighted by molar-refractivity contribution is 6.36. The standard InChI is InChI=1S/C27H26N2O4/c1-18-10-12-19(13-11-18)17-29-26(30)24(20-14-15-22(32-3)23(16-20)33-4)25(27(29)31)28(2)21-8-6-5-7-9-21/h5-16H,17H2,1-4H3. The third-order valence-corrected chi connectivity index (χ3v) is 5.76. The molecule has 0 aliphatic carbocycles. The smallest absolute Gasteiger partial charge is 0.278 e. The van der Waals surface area contributed by atoms with Crippen LogP contribution in [-0.4, -0.2) is 38.0 Å². The van der Waals surface area contributed by atoms with E-state index < -0.39 is 0 Å². The first-order chi connectivity index (χ1) is 15.9. The van der Waals surface area contributed by atoms with E-state index in [-0.39, 0.29) is 18.4 Å². The number of likely N-dealkylation sites (N-methyl/N-ethyl adjacent to an activating group) is 1. The summed E-state index contributed by atoms with van der Waals surface area (Å²) < 4.78 is 10.8. The van der Waals surface area contributed by atoms with Crippen LogP contribution in [0.1, 0.15) is 16.7 Å². The fourth-order valence-corrected chi connectivity index (χ4v) is 3.93. The van der Waals surface area contributed by atoms with E-state index in [2.05, 4.69) is 0 Å². The monoisotopic (exact) mass is 442 g/mol. The lowest BCUT2D eigenvalue weighted by molar-refractivity contribution is -0.137. The number of nitrogens with zero attached hydrogens (tertiary/aromatic N) is 2. The second-order valence-corrected chi connectivity index (χ2v) is 7.87. The molecule has 0 bridgehead atoms. The van der Waals surface area contributed by atoms with Gasteiger partial charge in [-0.25, -0.2) is 0 Å². The number of methoxy groups -OCH3 is 2. The molecule has 0 unspecified atom stereocenters. The lowest BCUT2D eigenvalue weighted by atomic mass is 10.0. The van der Waals surface area contributed by atoms with Crippen molar-refractivity contribution in [1.29, 1.82) is 0 Å². The maximum absolute atomic E-state index is 13.6. The van der Waals surface area contributed by atoms with Gasteiger partial charge in [0.1, 0.15) is 5.70 Å². The minimum Gasteiger partial charge on any atom is -0.493 e. The molecule has 0 radical (unpaired) electrons. The van der Waals surface area contributed by atoms with Crippen LogP contribution in [0.2, 0.25) is 0 Å². The van der Waals surface area contributed by atoms with Gasteiger partial charge >= 0.3 is 0 Å². The number of para-hydroxylation sites is 1. The summed E-state index contributed by atoms with van der Waals surface area (Å²) in [5, 5.41) is 0. The van der Waals surface area contributed by atoms with Gasteiger partial charge in [-0.05, 0) is 42.3 Å². The van der Waals surface area contributed by atoms with Crippen LogP contribution in [0.4, 0.5) is 5.69 Å². The molecule has 0 atom stereocenters. The van der Waals surface area contributed by atoms with Crippen LogP contribution in [0.3, 0.4) is 0 Å². The number of imide groups is 1. The predicted octanol–water partition coefficient (Wildman–Crippen LogP) is 4.43. The molecule has 1 heterocycles. The van der Waals surface area contributed by atoms with Gasteiger partial charge in [-0.3, -0.25) is 14.5 Å². The quantitative estimate of drug-likeness (QED) is 0.507. The average Bonchev–Trinajstić information content (AvgIpc) is 3.09. The summed E-state index contributed by atoms with van der Waals surface area (Å²) in [4.78, 5) is 30.3. The van der Waals surface area contributed by atoms with Gasteiger partial charge < -0.3 is 14.4 Å². The van der Waals surface area contributed by atoms with Crippen molar-refractivity contribution in [3.8, 4) is 11.5 Å². The number of aryl methyl sites for hydroxylation is 1. The van der Waals surface area contributed by atoms with E-state index in [0.29, 0.717) is 28.3 Å². The summed E-state index contributed by atoms with van der Waals surface area (Å²) in [6.07, 6.45) is 0. The first kappa shape index (κ1) is 22.1. The van der Waals surface area contributed by atoms with Crippen LogP contribution in [0.5, 0.6) is 11.5 Å². The van der Waals surface area contributed by atoms with Gasteiger partial charge in [-0.1, -0.05) is 54.1 Å². The summed E-state index contributed by atoms with van der Waals surface area (Å²) >= 11 is 0. The Balaban J connectivity index is 1.81. The highest BCUT2D eigenvalue weighted by Crippen LogP contribution is 2.37. The molecular formula is C27H26N2O4. The van der Waals surface area contributed by atoms with E-state index in [4.69, 9.17) is 9.47 Å². The zero-order chi connectivity index (χ0) is 23.5. The Morgan fingerprint density at radius 2 is 1.48 bits per heavy atom. The summed E-state index contributed by atoms with van der Waals surface area (Å²) in [7, 11) is 4.89. The van der Waals surface area contributed by atoms with Crippen LogP contribution in [0, 0.1) is 6.92 Å². The number of amides is 2. The SMILES string of the molecule is COc1ccc(C2=C(N(C)c3ccccc3)C(=O)N(Cc3ccc(C)cc3)C2=O)cc1OC. The Morgan fingerprint density at radius 3 is 2.12 bits per heavy atom. The van der Waals surface area contributed by atoms with Crippen molar-refractivity contribution >= 4 is 23.1 Å². The third kappa shape index (κ3) is 4.20. The minimum atomic E-state index is -0.342. The number of carbonyl (C=O) groups is 2. The average molecular weight is 443 g/mol. The Bertz CT molecular complexity index is 1220. The van der Waals surface area contributed by atoms with Crippen LogP contribution in [0.15, 0.2) is 78.5 Å². The van der Waals surface area contributed by atoms with Gasteiger partial charge in [-0.15, -0.1) is 0 Å². The molecule has 6 heteroatoms. The molecule has 2 amide bonds. The van der Waals surface area contributed by atoms with Gasteiger partial charge in [0.15, 0.2) is 11.5 Å². The Labute approximate surface area is 193 Å². The molecule has 0 N–H and O–H groups in total. The van der Waals surface area contributed by atoms with Crippen molar-refractivity contribution in [2.24, 2.45) is 0 Å². The van der Waals surface area contributed by atoms with Gasteiger partial charge in [0.25, 0.3) is 11.8 Å². The van der Waals surface area contributed by atoms with Crippen molar-refractivity contribution < 1.29 is 19.1 Å². The first-order valence-electron chi connectivity index (χ1n) is 10.6. The van der Waals surface area contributed by atoms with Crippen molar-refractivity contribution in [3.63, 3.8) is 0 Å². The maximum atomic E-state index is 13.6. The second kappa shape index (κ2) is 9.20. The molecule has 3 aromatic rings. The van der Waals surface area contributed by atoms with Crippen LogP contribution in [-0.2, 0) is 16.1 Å². The zero-order valence-electron chi connectivity index (χ0n) is 19.2. The third-order valence-electron chi connectivity index (χ3n) is 5.76. The number of benzene rings is 3. The molecular weight excluding hydrogens is 416 g/mol. The van der Waals surface area contributed by atoms with E-state index in [1.807, 2.05) is 61.5 Å². The molecule has 0 aromatic heterocycles. The second-order valence-electron chi connectivity index (χ2n) is 7.87. The van der Waals surface area contributed by atoms with Crippen molar-refractivity contribution in [2.45, 2.75) is 13.5 Å². The van der Waals surface area contributed by atoms with Crippen LogP contribution < -0.4 is 14.4 Å². The van der Waals surface area contributed by atoms with Gasteiger partial charge in [-0.2, -0.15) is 0 Å². The zero-order valence-corrected chi connectivity index (χ0v) is 19.2. The largest absolute Gasteiger partial charge is 0.493 e. The van der Waals surface area contributed by atoms with E-state index in [0.717, 1.165) is 16.8 Å². The fraction of sp³-hybridized carbons (Fsp3) is 0.185. The maximum Gasteiger partial charge on any atom is 0.278 e. The number of carbonyl (C=O) groups excluding carboxylic acids is 2. The summed E-state index contributed by atoms with van der Waals surface area (Å²) in [5.74, 6) is 0.358. The van der Waals surface area contributed by atoms with E-state index in [1.54, 1.807) is 44.4 Å². The highest BCUT2D eigenvalue weighted by Gasteiger charge is 2.41. The molecule has 6 nitrogen and oxygen atoms in total. The van der Waals surface area contributed by atoms with Crippen molar-refractivity contribution in [2.75, 3.05) is 26.2 Å². The highest BCUT2D eigenvalue weighted by atomic mass is 16.5. The molecule has 0 saturated carbocycles. The molecule has 0 spiro atoms. The normalized spacial score (nSPS) is 13.5. The molecule has 33 heavy (non-hydrogen) atoms. The van der Waals surface area contributed by atoms with E-state index in [9.17, 15) is 9.59 Å². The number of hydrogen-bond donors (Lipinski definition) is 0. The van der Waals surface area contributed by atoms with Crippen molar-refractivity contribution in [3.05, 3.63) is 95.2 Å². The van der Waals surface area contributed by atoms with Crippen LogP contribution in [0.25, 0.3) is 5.57 Å². The first-order valence-corrected chi connectivity index (χ1v) is 10.6. The summed E-state index contributed by atoms with van der Waals surface area (Å²) in [5.41, 5.74) is 4.06. The molecule has 3 aromatic carbocycles. The van der Waals surface area contributed by atoms with Gasteiger partial charge in [0.2, 0.25) is 0 Å². The number of anilines is 1. The molecule has 1 aliphatic heterocycles. The number of hydrogen-bond acceptors (Lipinski definition) is 5. The molecule has 0 fully saturated rings. The van der Waals surface area contributed by atoms with Gasteiger partial charge in [0, 0.05) is 12.7 Å². The van der Waals surface area contributed by atoms with E-state index in [1.165, 1.54) is 4.90 Å². The minimum absolute atomic E-state index is 0.195. The Kier molecular flexibility index (Phi) is 6.18. The summed E-state index contributed by atoms with van der Waals surface area (Å²) in [6.45, 7) is 2.19. The lowest BCUT2D eigenvalue weighted by Gasteiger charge is -2.21. The molecule has 4 rings (SSSR count). The van der Waals surface area contributed by atoms with E-state index >= 15 is 0 Å². The molecule has 0 saturated heterocycles. The predicted molar refractivity (Wildman–Crippen MR) is 128 cm³/mol. The van der Waals surface area contributed by atoms with Crippen molar-refractivity contribution in [1.82, 2.24) is 4.90 Å². The van der Waals surface area contributed by atoms with Gasteiger partial charge in [0.05, 0.1) is 26.3 Å². The fourth-order valence-electron chi connectivity index (χ4n) is 3.93.